The van der Waals surface area contributed by atoms with E-state index in [0.717, 1.165) is 22.3 Å². The minimum Gasteiger partial charge on any atom is -0.497 e. The van der Waals surface area contributed by atoms with E-state index in [9.17, 15) is 9.59 Å². The minimum atomic E-state index is -0.507. The molecule has 0 aliphatic carbocycles. The van der Waals surface area contributed by atoms with E-state index in [4.69, 9.17) is 18.6 Å². The fourth-order valence-corrected chi connectivity index (χ4v) is 2.84. The summed E-state index contributed by atoms with van der Waals surface area (Å²) in [4.78, 5) is 23.7. The highest BCUT2D eigenvalue weighted by molar-refractivity contribution is 5.95. The van der Waals surface area contributed by atoms with E-state index in [1.54, 1.807) is 26.2 Å². The lowest BCUT2D eigenvalue weighted by molar-refractivity contribution is -0.144. The van der Waals surface area contributed by atoms with Crippen LogP contribution in [0.1, 0.15) is 5.56 Å². The summed E-state index contributed by atoms with van der Waals surface area (Å²) >= 11 is 0. The molecule has 0 amide bonds. The average Bonchev–Trinajstić information content (AvgIpc) is 2.71. The Balaban J connectivity index is 1.97. The quantitative estimate of drug-likeness (QED) is 0.352. The van der Waals surface area contributed by atoms with Crippen LogP contribution >= 0.6 is 0 Å². The molecule has 0 aliphatic heterocycles. The van der Waals surface area contributed by atoms with Gasteiger partial charge in [0.2, 0.25) is 0 Å². The van der Waals surface area contributed by atoms with E-state index < -0.39 is 11.6 Å². The molecule has 0 saturated heterocycles. The van der Waals surface area contributed by atoms with Crippen molar-refractivity contribution >= 4 is 16.9 Å². The van der Waals surface area contributed by atoms with Gasteiger partial charge in [0.05, 0.1) is 7.11 Å². The van der Waals surface area contributed by atoms with Crippen LogP contribution in [0.2, 0.25) is 0 Å². The second-order valence-electron chi connectivity index (χ2n) is 6.03. The number of carbonyl (C=O) groups excluding carboxylic acids is 1. The first-order valence-electron chi connectivity index (χ1n) is 8.64. The Bertz CT molecular complexity index is 1060. The highest BCUT2D eigenvalue weighted by Crippen LogP contribution is 2.33. The Morgan fingerprint density at radius 1 is 1.18 bits per heavy atom. The standard InChI is InChI=1S/C22H20O6/c1-4-11-26-21(24)13-27-19-10-9-17-18(12-20(23)28-22(17)14(19)2)15-5-7-16(25-3)8-6-15/h4-10,12H,1,11,13H2,2-3H3. The molecule has 0 saturated carbocycles. The summed E-state index contributed by atoms with van der Waals surface area (Å²) in [6, 6.07) is 12.4. The van der Waals surface area contributed by atoms with Gasteiger partial charge in [-0.3, -0.25) is 0 Å². The van der Waals surface area contributed by atoms with Crippen LogP contribution in [0.25, 0.3) is 22.1 Å². The van der Waals surface area contributed by atoms with Crippen molar-refractivity contribution in [3.63, 3.8) is 0 Å². The van der Waals surface area contributed by atoms with Gasteiger partial charge in [-0.15, -0.1) is 0 Å². The lowest BCUT2D eigenvalue weighted by atomic mass is 10.00. The van der Waals surface area contributed by atoms with E-state index in [1.807, 2.05) is 24.3 Å². The second-order valence-corrected chi connectivity index (χ2v) is 6.03. The maximum absolute atomic E-state index is 12.1. The lowest BCUT2D eigenvalue weighted by Gasteiger charge is -2.12. The molecule has 6 nitrogen and oxygen atoms in total. The fraction of sp³-hybridized carbons (Fsp3) is 0.182. The zero-order valence-electron chi connectivity index (χ0n) is 15.7. The molecule has 0 unspecified atom stereocenters. The van der Waals surface area contributed by atoms with Gasteiger partial charge >= 0.3 is 11.6 Å². The van der Waals surface area contributed by atoms with Crippen LogP contribution in [0.3, 0.4) is 0 Å². The van der Waals surface area contributed by atoms with E-state index in [2.05, 4.69) is 6.58 Å². The third-order valence-corrected chi connectivity index (χ3v) is 4.22. The van der Waals surface area contributed by atoms with Crippen LogP contribution in [-0.2, 0) is 9.53 Å². The normalized spacial score (nSPS) is 10.5. The molecule has 28 heavy (non-hydrogen) atoms. The molecule has 144 valence electrons. The Hall–Kier alpha value is -3.54. The van der Waals surface area contributed by atoms with Crippen molar-refractivity contribution in [3.8, 4) is 22.6 Å². The van der Waals surface area contributed by atoms with Gasteiger partial charge in [0, 0.05) is 17.0 Å². The first-order valence-corrected chi connectivity index (χ1v) is 8.64. The Labute approximate surface area is 162 Å². The van der Waals surface area contributed by atoms with Crippen LogP contribution < -0.4 is 15.1 Å². The number of fused-ring (bicyclic) bond motifs is 1. The number of aryl methyl sites for hydroxylation is 1. The number of ether oxygens (including phenoxy) is 3. The van der Waals surface area contributed by atoms with Gasteiger partial charge in [0.25, 0.3) is 0 Å². The molecule has 3 aromatic rings. The van der Waals surface area contributed by atoms with Gasteiger partial charge in [-0.25, -0.2) is 9.59 Å². The first-order chi connectivity index (χ1) is 13.5. The average molecular weight is 380 g/mol. The van der Waals surface area contributed by atoms with Crippen molar-refractivity contribution in [3.05, 3.63) is 71.1 Å². The summed E-state index contributed by atoms with van der Waals surface area (Å²) in [5, 5.41) is 0.767. The molecule has 0 aliphatic rings. The molecule has 0 N–H and O–H groups in total. The van der Waals surface area contributed by atoms with Crippen LogP contribution in [0.4, 0.5) is 0 Å². The van der Waals surface area contributed by atoms with E-state index in [1.165, 1.54) is 12.1 Å². The summed E-state index contributed by atoms with van der Waals surface area (Å²) in [5.74, 6) is 0.664. The van der Waals surface area contributed by atoms with Crippen molar-refractivity contribution in [2.75, 3.05) is 20.3 Å². The van der Waals surface area contributed by atoms with E-state index in [-0.39, 0.29) is 13.2 Å². The zero-order chi connectivity index (χ0) is 20.1. The molecule has 0 radical (unpaired) electrons. The summed E-state index contributed by atoms with van der Waals surface area (Å²) in [7, 11) is 1.60. The number of rotatable bonds is 7. The van der Waals surface area contributed by atoms with Crippen molar-refractivity contribution in [1.82, 2.24) is 0 Å². The summed E-state index contributed by atoms with van der Waals surface area (Å²) in [5.41, 5.74) is 2.18. The molecule has 6 heteroatoms. The largest absolute Gasteiger partial charge is 0.497 e. The zero-order valence-corrected chi connectivity index (χ0v) is 15.7. The topological polar surface area (TPSA) is 75.0 Å². The molecule has 1 heterocycles. The number of hydrogen-bond donors (Lipinski definition) is 0. The van der Waals surface area contributed by atoms with E-state index in [0.29, 0.717) is 16.9 Å². The number of methoxy groups -OCH3 is 1. The fourth-order valence-electron chi connectivity index (χ4n) is 2.84. The summed E-state index contributed by atoms with van der Waals surface area (Å²) in [6.07, 6.45) is 1.48. The third kappa shape index (κ3) is 4.06. The number of benzene rings is 2. The molecule has 0 fully saturated rings. The predicted molar refractivity (Wildman–Crippen MR) is 106 cm³/mol. The minimum absolute atomic E-state index is 0.124. The SMILES string of the molecule is C=CCOC(=O)COc1ccc2c(-c3ccc(OC)cc3)cc(=O)oc2c1C. The summed E-state index contributed by atoms with van der Waals surface area (Å²) < 4.78 is 21.0. The Morgan fingerprint density at radius 3 is 2.61 bits per heavy atom. The van der Waals surface area contributed by atoms with Gasteiger partial charge in [0.1, 0.15) is 23.7 Å². The maximum atomic E-state index is 12.1. The van der Waals surface area contributed by atoms with Gasteiger partial charge in [-0.2, -0.15) is 0 Å². The predicted octanol–water partition coefficient (Wildman–Crippen LogP) is 3.89. The van der Waals surface area contributed by atoms with Crippen LogP contribution in [0.15, 0.2) is 64.3 Å². The number of hydrogen-bond acceptors (Lipinski definition) is 6. The van der Waals surface area contributed by atoms with Crippen LogP contribution in [-0.4, -0.2) is 26.3 Å². The third-order valence-electron chi connectivity index (χ3n) is 4.22. The van der Waals surface area contributed by atoms with Crippen LogP contribution in [0.5, 0.6) is 11.5 Å². The highest BCUT2D eigenvalue weighted by Gasteiger charge is 2.14. The molecule has 0 bridgehead atoms. The molecule has 3 rings (SSSR count). The monoisotopic (exact) mass is 380 g/mol. The molecule has 0 atom stereocenters. The Morgan fingerprint density at radius 2 is 1.93 bits per heavy atom. The molecule has 1 aromatic heterocycles. The van der Waals surface area contributed by atoms with Gasteiger partial charge in [-0.05, 0) is 42.3 Å². The van der Waals surface area contributed by atoms with Crippen LogP contribution in [0, 0.1) is 6.92 Å². The number of carbonyl (C=O) groups is 1. The maximum Gasteiger partial charge on any atom is 0.344 e. The smallest absolute Gasteiger partial charge is 0.344 e. The molecular formula is C22H20O6. The second kappa shape index (κ2) is 8.43. The summed E-state index contributed by atoms with van der Waals surface area (Å²) in [6.45, 7) is 5.13. The van der Waals surface area contributed by atoms with Crippen molar-refractivity contribution in [2.24, 2.45) is 0 Å². The van der Waals surface area contributed by atoms with Crippen molar-refractivity contribution in [2.45, 2.75) is 6.92 Å². The van der Waals surface area contributed by atoms with Gasteiger partial charge < -0.3 is 18.6 Å². The highest BCUT2D eigenvalue weighted by atomic mass is 16.6. The van der Waals surface area contributed by atoms with Gasteiger partial charge in [-0.1, -0.05) is 24.8 Å². The molecular weight excluding hydrogens is 360 g/mol. The van der Waals surface area contributed by atoms with Crippen molar-refractivity contribution in [1.29, 1.82) is 0 Å². The molecule has 2 aromatic carbocycles. The van der Waals surface area contributed by atoms with E-state index >= 15 is 0 Å². The lowest BCUT2D eigenvalue weighted by Crippen LogP contribution is -2.15. The van der Waals surface area contributed by atoms with Gasteiger partial charge in [0.15, 0.2) is 6.61 Å². The Kier molecular flexibility index (Phi) is 5.79. The van der Waals surface area contributed by atoms with Crippen molar-refractivity contribution < 1.29 is 23.4 Å². The number of esters is 1. The molecule has 0 spiro atoms. The first kappa shape index (κ1) is 19.2.